The maximum Gasteiger partial charge on any atom is 0.245 e. The molecule has 0 radical (unpaired) electrons. The van der Waals surface area contributed by atoms with E-state index in [1.54, 1.807) is 0 Å². The molecule has 4 rings (SSSR count). The first-order chi connectivity index (χ1) is 12.0. The summed E-state index contributed by atoms with van der Waals surface area (Å²) in [7, 11) is 1.93. The van der Waals surface area contributed by atoms with Crippen LogP contribution in [0.15, 0.2) is 6.20 Å². The summed E-state index contributed by atoms with van der Waals surface area (Å²) in [5, 5.41) is 9.13. The van der Waals surface area contributed by atoms with Crippen LogP contribution in [0.5, 0.6) is 0 Å². The summed E-state index contributed by atoms with van der Waals surface area (Å²) >= 11 is 0. The zero-order valence-corrected chi connectivity index (χ0v) is 15.1. The lowest BCUT2D eigenvalue weighted by atomic mass is 10.2. The summed E-state index contributed by atoms with van der Waals surface area (Å²) in [6.07, 6.45) is 6.17. The minimum absolute atomic E-state index is 0.655. The zero-order valence-electron chi connectivity index (χ0n) is 15.1. The highest BCUT2D eigenvalue weighted by atomic mass is 15.4. The van der Waals surface area contributed by atoms with Gasteiger partial charge in [-0.1, -0.05) is 0 Å². The molecule has 1 aliphatic rings. The van der Waals surface area contributed by atoms with Crippen LogP contribution < -0.4 is 4.90 Å². The fourth-order valence-electron chi connectivity index (χ4n) is 3.20. The van der Waals surface area contributed by atoms with E-state index in [9.17, 15) is 0 Å². The van der Waals surface area contributed by atoms with Crippen LogP contribution >= 0.6 is 0 Å². The van der Waals surface area contributed by atoms with E-state index in [-0.39, 0.29) is 0 Å². The number of allylic oxidation sites excluding steroid dienone is 1. The number of hydrogen-bond donors (Lipinski definition) is 0. The van der Waals surface area contributed by atoms with Crippen LogP contribution in [0, 0.1) is 13.8 Å². The van der Waals surface area contributed by atoms with Gasteiger partial charge in [0.15, 0.2) is 17.3 Å². The summed E-state index contributed by atoms with van der Waals surface area (Å²) in [5.74, 6) is 2.30. The summed E-state index contributed by atoms with van der Waals surface area (Å²) in [6, 6.07) is 0. The molecule has 0 bridgehead atoms. The van der Waals surface area contributed by atoms with Gasteiger partial charge in [-0.15, -0.1) is 10.2 Å². The van der Waals surface area contributed by atoms with Crippen LogP contribution in [0.1, 0.15) is 42.8 Å². The summed E-state index contributed by atoms with van der Waals surface area (Å²) in [5.41, 5.74) is 3.60. The van der Waals surface area contributed by atoms with Gasteiger partial charge >= 0.3 is 0 Å². The average Bonchev–Trinajstić information content (AvgIpc) is 3.29. The average molecular weight is 338 g/mol. The number of rotatable bonds is 3. The third-order valence-electron chi connectivity index (χ3n) is 4.57. The molecule has 130 valence electrons. The van der Waals surface area contributed by atoms with E-state index in [4.69, 9.17) is 4.98 Å². The summed E-state index contributed by atoms with van der Waals surface area (Å²) < 4.78 is 3.65. The molecule has 25 heavy (non-hydrogen) atoms. The number of aryl methyl sites for hydroxylation is 3. The first kappa shape index (κ1) is 15.7. The van der Waals surface area contributed by atoms with E-state index in [0.29, 0.717) is 5.82 Å². The van der Waals surface area contributed by atoms with Gasteiger partial charge in [0, 0.05) is 26.3 Å². The van der Waals surface area contributed by atoms with Crippen LogP contribution in [0.25, 0.3) is 17.3 Å². The van der Waals surface area contributed by atoms with Crippen molar-refractivity contribution in [3.8, 4) is 0 Å². The van der Waals surface area contributed by atoms with Crippen LogP contribution in [0.3, 0.4) is 0 Å². The first-order valence-electron chi connectivity index (χ1n) is 8.56. The normalized spacial score (nSPS) is 15.5. The van der Waals surface area contributed by atoms with Crippen molar-refractivity contribution in [2.45, 2.75) is 33.6 Å². The SMILES string of the molecule is CC(=Cc1nc2c(C)ncc(C)n2n1)c1nc(N2CCCC2)nn1C. The van der Waals surface area contributed by atoms with E-state index in [0.717, 1.165) is 47.5 Å². The molecule has 0 amide bonds. The van der Waals surface area contributed by atoms with Crippen molar-refractivity contribution in [1.82, 2.24) is 34.3 Å². The van der Waals surface area contributed by atoms with E-state index >= 15 is 0 Å². The van der Waals surface area contributed by atoms with E-state index in [1.165, 1.54) is 12.8 Å². The topological polar surface area (TPSA) is 77.0 Å². The Hall–Kier alpha value is -2.77. The van der Waals surface area contributed by atoms with Crippen molar-refractivity contribution in [3.05, 3.63) is 29.2 Å². The highest BCUT2D eigenvalue weighted by Gasteiger charge is 2.19. The maximum atomic E-state index is 4.71. The molecule has 3 aromatic heterocycles. The summed E-state index contributed by atoms with van der Waals surface area (Å²) in [4.78, 5) is 15.9. The van der Waals surface area contributed by atoms with Crippen molar-refractivity contribution >= 4 is 23.2 Å². The molecule has 4 heterocycles. The molecule has 8 heteroatoms. The molecule has 0 atom stereocenters. The molecule has 0 unspecified atom stereocenters. The quantitative estimate of drug-likeness (QED) is 0.727. The number of fused-ring (bicyclic) bond motifs is 1. The van der Waals surface area contributed by atoms with Gasteiger partial charge in [0.25, 0.3) is 0 Å². The minimum atomic E-state index is 0.655. The highest BCUT2D eigenvalue weighted by Crippen LogP contribution is 2.21. The van der Waals surface area contributed by atoms with E-state index in [1.807, 2.05) is 49.3 Å². The van der Waals surface area contributed by atoms with Crippen LogP contribution in [0.4, 0.5) is 5.95 Å². The van der Waals surface area contributed by atoms with Gasteiger partial charge in [-0.2, -0.15) is 4.98 Å². The monoisotopic (exact) mass is 338 g/mol. The van der Waals surface area contributed by atoms with Crippen LogP contribution in [-0.2, 0) is 7.05 Å². The Morgan fingerprint density at radius 1 is 1.12 bits per heavy atom. The highest BCUT2D eigenvalue weighted by molar-refractivity contribution is 5.76. The van der Waals surface area contributed by atoms with Gasteiger partial charge in [-0.3, -0.25) is 4.98 Å². The second kappa shape index (κ2) is 5.94. The van der Waals surface area contributed by atoms with Crippen molar-refractivity contribution in [3.63, 3.8) is 0 Å². The number of nitrogens with zero attached hydrogens (tertiary/aromatic N) is 8. The standard InChI is InChI=1S/C17H22N8/c1-11(15-20-17(22-23(15)4)24-7-5-6-8-24)9-14-19-16-13(3)18-10-12(2)25(16)21-14/h9-10H,5-8H2,1-4H3. The molecule has 0 N–H and O–H groups in total. The molecule has 1 fully saturated rings. The molecule has 8 nitrogen and oxygen atoms in total. The predicted molar refractivity (Wildman–Crippen MR) is 96.3 cm³/mol. The Morgan fingerprint density at radius 2 is 1.88 bits per heavy atom. The molecule has 3 aromatic rings. The van der Waals surface area contributed by atoms with Crippen molar-refractivity contribution in [2.75, 3.05) is 18.0 Å². The van der Waals surface area contributed by atoms with Crippen LogP contribution in [0.2, 0.25) is 0 Å². The lowest BCUT2D eigenvalue weighted by Crippen LogP contribution is -2.19. The second-order valence-electron chi connectivity index (χ2n) is 6.57. The van der Waals surface area contributed by atoms with Gasteiger partial charge < -0.3 is 4.90 Å². The van der Waals surface area contributed by atoms with Crippen molar-refractivity contribution < 1.29 is 0 Å². The van der Waals surface area contributed by atoms with E-state index < -0.39 is 0 Å². The van der Waals surface area contributed by atoms with Crippen molar-refractivity contribution in [2.24, 2.45) is 7.05 Å². The predicted octanol–water partition coefficient (Wildman–Crippen LogP) is 2.03. The van der Waals surface area contributed by atoms with Gasteiger partial charge in [0.1, 0.15) is 0 Å². The van der Waals surface area contributed by atoms with Crippen LogP contribution in [-0.4, -0.2) is 47.4 Å². The molecule has 0 aromatic carbocycles. The molecule has 0 spiro atoms. The third-order valence-corrected chi connectivity index (χ3v) is 4.57. The Kier molecular flexibility index (Phi) is 3.74. The molecule has 0 saturated carbocycles. The molecular formula is C17H22N8. The number of anilines is 1. The Morgan fingerprint density at radius 3 is 2.60 bits per heavy atom. The molecule has 1 saturated heterocycles. The Balaban J connectivity index is 1.70. The third kappa shape index (κ3) is 2.77. The number of hydrogen-bond acceptors (Lipinski definition) is 6. The van der Waals surface area contributed by atoms with E-state index in [2.05, 4.69) is 25.1 Å². The second-order valence-corrected chi connectivity index (χ2v) is 6.57. The fraction of sp³-hybridized carbons (Fsp3) is 0.471. The van der Waals surface area contributed by atoms with Gasteiger partial charge in [-0.25, -0.2) is 14.2 Å². The summed E-state index contributed by atoms with van der Waals surface area (Å²) in [6.45, 7) is 7.99. The lowest BCUT2D eigenvalue weighted by molar-refractivity contribution is 0.744. The van der Waals surface area contributed by atoms with Gasteiger partial charge in [0.05, 0.1) is 11.4 Å². The Bertz CT molecular complexity index is 920. The minimum Gasteiger partial charge on any atom is -0.340 e. The van der Waals surface area contributed by atoms with Crippen molar-refractivity contribution in [1.29, 1.82) is 0 Å². The molecule has 0 aliphatic carbocycles. The molecular weight excluding hydrogens is 316 g/mol. The lowest BCUT2D eigenvalue weighted by Gasteiger charge is -2.10. The zero-order chi connectivity index (χ0) is 17.6. The molecule has 1 aliphatic heterocycles. The maximum absolute atomic E-state index is 4.71. The van der Waals surface area contributed by atoms with Gasteiger partial charge in [-0.05, 0) is 45.3 Å². The smallest absolute Gasteiger partial charge is 0.245 e. The largest absolute Gasteiger partial charge is 0.340 e. The fourth-order valence-corrected chi connectivity index (χ4v) is 3.20. The first-order valence-corrected chi connectivity index (χ1v) is 8.56. The van der Waals surface area contributed by atoms with Gasteiger partial charge in [0.2, 0.25) is 5.95 Å². The number of aromatic nitrogens is 7. The Labute approximate surface area is 146 Å².